The Morgan fingerprint density at radius 3 is 1.72 bits per heavy atom. The molecule has 270 valence electrons. The van der Waals surface area contributed by atoms with Crippen LogP contribution in [0.2, 0.25) is 0 Å². The van der Waals surface area contributed by atoms with Gasteiger partial charge in [0.05, 0.1) is 11.2 Å². The average Bonchev–Trinajstić information content (AvgIpc) is 3.88. The minimum absolute atomic E-state index is 0.595. The minimum atomic E-state index is 0.595. The van der Waals surface area contributed by atoms with Crippen LogP contribution in [0, 0.1) is 0 Å². The summed E-state index contributed by atoms with van der Waals surface area (Å²) < 4.78 is 8.66. The van der Waals surface area contributed by atoms with Crippen molar-refractivity contribution in [3.8, 4) is 56.5 Å². The lowest BCUT2D eigenvalue weighted by Gasteiger charge is -2.11. The van der Waals surface area contributed by atoms with Gasteiger partial charge in [-0.3, -0.25) is 0 Å². The van der Waals surface area contributed by atoms with Gasteiger partial charge in [0.25, 0.3) is 0 Å². The van der Waals surface area contributed by atoms with Gasteiger partial charge < -0.3 is 4.42 Å². The molecule has 0 atom stereocenters. The van der Waals surface area contributed by atoms with Crippen LogP contribution in [0.3, 0.4) is 0 Å². The van der Waals surface area contributed by atoms with Crippen LogP contribution in [0.1, 0.15) is 0 Å². The number of fused-ring (bicyclic) bond motifs is 10. The van der Waals surface area contributed by atoms with Gasteiger partial charge in [-0.2, -0.15) is 0 Å². The molecule has 6 heteroatoms. The number of rotatable bonds is 5. The van der Waals surface area contributed by atoms with E-state index in [0.29, 0.717) is 17.5 Å². The van der Waals surface area contributed by atoms with Crippen molar-refractivity contribution in [1.29, 1.82) is 0 Å². The van der Waals surface area contributed by atoms with Crippen molar-refractivity contribution in [2.24, 2.45) is 0 Å². The summed E-state index contributed by atoms with van der Waals surface area (Å²) in [4.78, 5) is 21.0. The molecule has 4 heterocycles. The van der Waals surface area contributed by atoms with Gasteiger partial charge in [-0.1, -0.05) is 158 Å². The molecule has 0 amide bonds. The molecule has 0 aliphatic heterocycles. The molecule has 58 heavy (non-hydrogen) atoms. The molecule has 4 aromatic heterocycles. The SMILES string of the molecule is c1ccc(-c2ccc(-c3nc(-c4cccc5c4sc4c5ccc5c(-c6ccccc6)nc6ccccc6c54)nc(-c4cccc5oc6ccccc6c45)n3)cc2)cc1. The smallest absolute Gasteiger partial charge is 0.165 e. The second-order valence-electron chi connectivity index (χ2n) is 14.5. The van der Waals surface area contributed by atoms with Crippen molar-refractivity contribution in [2.45, 2.75) is 0 Å². The van der Waals surface area contributed by atoms with Crippen LogP contribution < -0.4 is 0 Å². The quantitative estimate of drug-likeness (QED) is 0.164. The predicted octanol–water partition coefficient (Wildman–Crippen LogP) is 14.2. The number of pyridine rings is 1. The molecule has 12 rings (SSSR count). The highest BCUT2D eigenvalue weighted by molar-refractivity contribution is 7.27. The largest absolute Gasteiger partial charge is 0.456 e. The summed E-state index contributed by atoms with van der Waals surface area (Å²) in [5.74, 6) is 1.82. The summed E-state index contributed by atoms with van der Waals surface area (Å²) in [6, 6.07) is 63.1. The summed E-state index contributed by atoms with van der Waals surface area (Å²) in [5.41, 5.74) is 9.75. The first-order chi connectivity index (χ1) is 28.7. The third-order valence-corrected chi connectivity index (χ3v) is 12.4. The lowest BCUT2D eigenvalue weighted by molar-refractivity contribution is 0.669. The fourth-order valence-corrected chi connectivity index (χ4v) is 9.80. The third-order valence-electron chi connectivity index (χ3n) is 11.1. The van der Waals surface area contributed by atoms with Crippen molar-refractivity contribution in [2.75, 3.05) is 0 Å². The Morgan fingerprint density at radius 1 is 0.328 bits per heavy atom. The number of benzene rings is 8. The van der Waals surface area contributed by atoms with E-state index in [1.807, 2.05) is 42.5 Å². The highest BCUT2D eigenvalue weighted by atomic mass is 32.1. The maximum Gasteiger partial charge on any atom is 0.165 e. The molecule has 0 N–H and O–H groups in total. The molecule has 8 aromatic carbocycles. The highest BCUT2D eigenvalue weighted by Crippen LogP contribution is 2.46. The van der Waals surface area contributed by atoms with Crippen LogP contribution in [0.15, 0.2) is 186 Å². The number of furan rings is 1. The second kappa shape index (κ2) is 13.0. The maximum atomic E-state index is 6.32. The molecule has 0 fully saturated rings. The summed E-state index contributed by atoms with van der Waals surface area (Å²) in [6.07, 6.45) is 0. The van der Waals surface area contributed by atoms with Gasteiger partial charge in [-0.25, -0.2) is 19.9 Å². The Labute approximate surface area is 336 Å². The first-order valence-corrected chi connectivity index (χ1v) is 20.1. The van der Waals surface area contributed by atoms with Crippen molar-refractivity contribution in [3.63, 3.8) is 0 Å². The standard InChI is InChI=1S/C52H30N4OS/c1-3-13-31(14-4-1)32-25-27-34(28-26-32)50-54-51(40-20-12-24-44-45(40)38-18-8-10-23-43(38)57-44)56-52(55-50)41-21-11-19-35-36-29-30-39-46(49(36)58-48(35)41)37-17-7-9-22-42(37)53-47(39)33-15-5-2-6-16-33/h1-30H. The maximum absolute atomic E-state index is 6.32. The molecular weight excluding hydrogens is 729 g/mol. The van der Waals surface area contributed by atoms with Gasteiger partial charge in [-0.05, 0) is 35.4 Å². The number of hydrogen-bond acceptors (Lipinski definition) is 6. The zero-order chi connectivity index (χ0) is 38.2. The van der Waals surface area contributed by atoms with Gasteiger partial charge in [0.15, 0.2) is 17.5 Å². The summed E-state index contributed by atoms with van der Waals surface area (Å²) in [7, 11) is 0. The molecule has 0 spiro atoms. The Kier molecular flexibility index (Phi) is 7.33. The Morgan fingerprint density at radius 2 is 0.897 bits per heavy atom. The van der Waals surface area contributed by atoms with Crippen LogP contribution in [0.5, 0.6) is 0 Å². The topological polar surface area (TPSA) is 64.7 Å². The lowest BCUT2D eigenvalue weighted by atomic mass is 9.98. The van der Waals surface area contributed by atoms with E-state index in [9.17, 15) is 0 Å². The normalized spacial score (nSPS) is 11.8. The predicted molar refractivity (Wildman–Crippen MR) is 240 cm³/mol. The molecule has 0 saturated carbocycles. The van der Waals surface area contributed by atoms with E-state index in [0.717, 1.165) is 82.0 Å². The number of thiophene rings is 1. The van der Waals surface area contributed by atoms with Gasteiger partial charge in [0.1, 0.15) is 11.2 Å². The highest BCUT2D eigenvalue weighted by Gasteiger charge is 2.21. The van der Waals surface area contributed by atoms with E-state index in [1.54, 1.807) is 11.3 Å². The van der Waals surface area contributed by atoms with Crippen LogP contribution >= 0.6 is 11.3 Å². The molecule has 0 aliphatic carbocycles. The van der Waals surface area contributed by atoms with Gasteiger partial charge in [0, 0.05) is 69.4 Å². The first kappa shape index (κ1) is 32.7. The molecule has 0 radical (unpaired) electrons. The summed E-state index contributed by atoms with van der Waals surface area (Å²) in [6.45, 7) is 0. The molecule has 0 unspecified atom stereocenters. The fraction of sp³-hybridized carbons (Fsp3) is 0. The van der Waals surface area contributed by atoms with E-state index in [2.05, 4.69) is 140 Å². The van der Waals surface area contributed by atoms with Crippen LogP contribution in [-0.4, -0.2) is 19.9 Å². The summed E-state index contributed by atoms with van der Waals surface area (Å²) in [5, 5.41) is 7.86. The van der Waals surface area contributed by atoms with E-state index >= 15 is 0 Å². The van der Waals surface area contributed by atoms with E-state index in [1.165, 1.54) is 20.9 Å². The van der Waals surface area contributed by atoms with E-state index in [-0.39, 0.29) is 0 Å². The molecule has 0 saturated heterocycles. The zero-order valence-electron chi connectivity index (χ0n) is 30.9. The zero-order valence-corrected chi connectivity index (χ0v) is 31.7. The van der Waals surface area contributed by atoms with Crippen molar-refractivity contribution < 1.29 is 4.42 Å². The Bertz CT molecular complexity index is 3560. The monoisotopic (exact) mass is 758 g/mol. The van der Waals surface area contributed by atoms with Crippen molar-refractivity contribution in [1.82, 2.24) is 19.9 Å². The van der Waals surface area contributed by atoms with E-state index < -0.39 is 0 Å². The number of aromatic nitrogens is 4. The van der Waals surface area contributed by atoms with Crippen molar-refractivity contribution >= 4 is 75.1 Å². The number of nitrogens with zero attached hydrogens (tertiary/aromatic N) is 4. The number of para-hydroxylation sites is 2. The molecule has 0 aliphatic rings. The van der Waals surface area contributed by atoms with Crippen LogP contribution in [0.4, 0.5) is 0 Å². The van der Waals surface area contributed by atoms with Crippen LogP contribution in [-0.2, 0) is 0 Å². The first-order valence-electron chi connectivity index (χ1n) is 19.3. The summed E-state index contributed by atoms with van der Waals surface area (Å²) >= 11 is 1.80. The molecule has 0 bridgehead atoms. The van der Waals surface area contributed by atoms with Crippen molar-refractivity contribution in [3.05, 3.63) is 182 Å². The van der Waals surface area contributed by atoms with Crippen LogP contribution in [0.25, 0.3) is 120 Å². The average molecular weight is 759 g/mol. The minimum Gasteiger partial charge on any atom is -0.456 e. The third kappa shape index (κ3) is 5.16. The second-order valence-corrected chi connectivity index (χ2v) is 15.5. The van der Waals surface area contributed by atoms with E-state index in [4.69, 9.17) is 24.4 Å². The fourth-order valence-electron chi connectivity index (χ4n) is 8.43. The number of hydrogen-bond donors (Lipinski definition) is 0. The molecular formula is C52H30N4OS. The van der Waals surface area contributed by atoms with Gasteiger partial charge >= 0.3 is 0 Å². The van der Waals surface area contributed by atoms with Gasteiger partial charge in [-0.15, -0.1) is 11.3 Å². The lowest BCUT2D eigenvalue weighted by Crippen LogP contribution is -2.00. The van der Waals surface area contributed by atoms with Gasteiger partial charge in [0.2, 0.25) is 0 Å². The molecule has 5 nitrogen and oxygen atoms in total. The Hall–Kier alpha value is -7.54. The molecule has 12 aromatic rings. The Balaban J connectivity index is 1.11.